The first kappa shape index (κ1) is 80.8. The molecule has 37 unspecified atom stereocenters. The maximum atomic E-state index is 15.4. The smallest absolute Gasteiger partial charge is 0.317 e. The predicted molar refractivity (Wildman–Crippen MR) is 370 cm³/mol. The summed E-state index contributed by atoms with van der Waals surface area (Å²) >= 11 is 0. The van der Waals surface area contributed by atoms with Crippen molar-refractivity contribution >= 4 is 11.9 Å². The lowest BCUT2D eigenvalue weighted by atomic mass is 9.33. The van der Waals surface area contributed by atoms with Crippen LogP contribution in [0.25, 0.3) is 0 Å². The first-order valence-corrected chi connectivity index (χ1v) is 38.9. The molecule has 0 radical (unpaired) electrons. The zero-order chi connectivity index (χ0) is 76.8. The van der Waals surface area contributed by atoms with Gasteiger partial charge in [0.05, 0.1) is 44.2 Å². The zero-order valence-corrected chi connectivity index (χ0v) is 63.0. The normalized spacial score (nSPS) is 51.5. The van der Waals surface area contributed by atoms with Crippen LogP contribution in [0.2, 0.25) is 0 Å². The summed E-state index contributed by atoms with van der Waals surface area (Å²) in [6.07, 6.45) is -22.3. The van der Waals surface area contributed by atoms with Crippen molar-refractivity contribution in [2.24, 2.45) is 67.5 Å². The van der Waals surface area contributed by atoms with Gasteiger partial charge in [-0.05, 0) is 196 Å². The predicted octanol–water partition coefficient (Wildman–Crippen LogP) is 2.27. The van der Waals surface area contributed by atoms with Crippen LogP contribution in [-0.2, 0) is 68.1 Å². The molecular formula is C78H120O28. The van der Waals surface area contributed by atoms with Gasteiger partial charge in [0.2, 0.25) is 6.29 Å². The van der Waals surface area contributed by atoms with Crippen molar-refractivity contribution in [3.05, 3.63) is 41.0 Å². The maximum absolute atomic E-state index is 15.4. The summed E-state index contributed by atoms with van der Waals surface area (Å²) in [4.78, 5) is 26.9. The Morgan fingerprint density at radius 2 is 1.14 bits per heavy atom. The Hall–Kier alpha value is -3.22. The van der Waals surface area contributed by atoms with E-state index in [0.717, 1.165) is 44.1 Å². The monoisotopic (exact) mass is 1500 g/mol. The molecule has 37 atom stereocenters. The number of carbonyl (C=O) groups excluding carboxylic acids is 2. The van der Waals surface area contributed by atoms with Crippen molar-refractivity contribution in [2.45, 2.75) is 338 Å². The largest absolute Gasteiger partial charge is 0.508 e. The van der Waals surface area contributed by atoms with Crippen molar-refractivity contribution in [3.8, 4) is 5.75 Å². The molecule has 5 heterocycles. The second kappa shape index (κ2) is 30.0. The number of hydrogen-bond acceptors (Lipinski definition) is 28. The molecule has 11 fully saturated rings. The van der Waals surface area contributed by atoms with Crippen molar-refractivity contribution in [2.75, 3.05) is 19.8 Å². The molecule has 15 N–H and O–H groups in total. The van der Waals surface area contributed by atoms with Crippen LogP contribution in [0.15, 0.2) is 29.8 Å². The van der Waals surface area contributed by atoms with Crippen molar-refractivity contribution in [3.63, 3.8) is 0 Å². The highest BCUT2D eigenvalue weighted by Crippen LogP contribution is 2.76. The Morgan fingerprint density at radius 3 is 1.80 bits per heavy atom. The van der Waals surface area contributed by atoms with Gasteiger partial charge in [0.1, 0.15) is 109 Å². The molecule has 14 rings (SSSR count). The zero-order valence-electron chi connectivity index (χ0n) is 63.0. The number of fused-ring (bicyclic) bond motifs is 12. The number of aromatic hydroxyl groups is 1. The van der Waals surface area contributed by atoms with E-state index in [1.54, 1.807) is 6.92 Å². The molecular weight excluding hydrogens is 1380 g/mol. The van der Waals surface area contributed by atoms with E-state index in [-0.39, 0.29) is 65.0 Å². The molecule has 106 heavy (non-hydrogen) atoms. The molecule has 0 amide bonds. The van der Waals surface area contributed by atoms with Crippen LogP contribution in [-0.4, -0.2) is 268 Å². The van der Waals surface area contributed by atoms with Crippen LogP contribution in [0.3, 0.4) is 0 Å². The summed E-state index contributed by atoms with van der Waals surface area (Å²) in [7, 11) is 0. The Balaban J connectivity index is 0.000000364. The number of benzene rings is 1. The second-order valence-electron chi connectivity index (χ2n) is 36.3. The lowest BCUT2D eigenvalue weighted by Crippen LogP contribution is -2.68. The average molecular weight is 1510 g/mol. The van der Waals surface area contributed by atoms with Gasteiger partial charge in [0.15, 0.2) is 31.3 Å². The molecule has 8 aliphatic carbocycles. The Labute approximate surface area is 619 Å². The number of phenols is 1. The van der Waals surface area contributed by atoms with Crippen molar-refractivity contribution in [1.82, 2.24) is 0 Å². The summed E-state index contributed by atoms with van der Waals surface area (Å²) in [6, 6.07) is 5.93. The van der Waals surface area contributed by atoms with Gasteiger partial charge in [0, 0.05) is 12.3 Å². The molecule has 0 aromatic heterocycles. The van der Waals surface area contributed by atoms with Gasteiger partial charge in [-0.2, -0.15) is 0 Å². The first-order valence-electron chi connectivity index (χ1n) is 38.9. The first-order chi connectivity index (χ1) is 49.8. The Bertz CT molecular complexity index is 3320. The van der Waals surface area contributed by atoms with Crippen LogP contribution in [0.5, 0.6) is 5.75 Å². The van der Waals surface area contributed by atoms with Gasteiger partial charge in [0.25, 0.3) is 0 Å². The fraction of sp³-hybridized carbons (Fsp3) is 0.872. The number of aliphatic hydroxyl groups is 14. The van der Waals surface area contributed by atoms with E-state index in [1.807, 2.05) is 12.1 Å². The van der Waals surface area contributed by atoms with Gasteiger partial charge in [-0.1, -0.05) is 73.1 Å². The standard InChI is InChI=1S/C58H94O25.C20H26O3/c1-23-44(80-47-40(69)34(63)27(60)21-74-47)38(67)42(71)48(76-23)79-33-13-14-55(7)30(54(33,5)6)12-15-56(8)31(55)11-10-25-26-18-53(3,4)16-17-58(26,32(62)19-57(25,56)9)52(73)83-51-46(35(64)28(61)22-75-51)82-49-43(72)39(68)45(24(2)77-49)81-50-41(70)37(66)36(65)29(20-59)78-50;1-12(21)23-19-8-7-18-17-5-3-13-11-14(22)4-6-15(13)16(17)9-10-20(18,19)2/h10,23-24,26-51,59-72H,11-22H2,1-9H3;4,6,11,16-19,22H,3,5,7-10H2,1-2H3. The van der Waals surface area contributed by atoms with Gasteiger partial charge < -0.3 is 129 Å². The third-order valence-electron chi connectivity index (χ3n) is 29.6. The number of phenolic OH excluding ortho intramolecular Hbond substituents is 1. The second-order valence-corrected chi connectivity index (χ2v) is 36.3. The molecule has 28 nitrogen and oxygen atoms in total. The van der Waals surface area contributed by atoms with E-state index in [2.05, 4.69) is 67.5 Å². The number of ether oxygens (including phenoxy) is 11. The third-order valence-corrected chi connectivity index (χ3v) is 29.6. The molecule has 28 heteroatoms. The molecule has 0 spiro atoms. The summed E-state index contributed by atoms with van der Waals surface area (Å²) in [5, 5.41) is 162. The molecule has 5 aliphatic heterocycles. The molecule has 600 valence electrons. The number of aliphatic hydroxyl groups excluding tert-OH is 14. The number of aryl methyl sites for hydroxylation is 1. The van der Waals surface area contributed by atoms with E-state index in [9.17, 15) is 81.4 Å². The average Bonchev–Trinajstić information content (AvgIpc) is 0.821. The third kappa shape index (κ3) is 13.7. The number of rotatable bonds is 12. The van der Waals surface area contributed by atoms with E-state index >= 15 is 4.79 Å². The molecule has 6 saturated carbocycles. The minimum atomic E-state index is -1.93. The minimum absolute atomic E-state index is 0.104. The highest BCUT2D eigenvalue weighted by atomic mass is 16.8. The molecule has 5 saturated heterocycles. The quantitative estimate of drug-likeness (QED) is 0.0811. The van der Waals surface area contributed by atoms with Crippen molar-refractivity contribution in [1.29, 1.82) is 0 Å². The number of allylic oxidation sites excluding steroid dienone is 2. The van der Waals surface area contributed by atoms with Crippen LogP contribution in [0.4, 0.5) is 0 Å². The van der Waals surface area contributed by atoms with Gasteiger partial charge in [-0.25, -0.2) is 0 Å². The minimum Gasteiger partial charge on any atom is -0.508 e. The fourth-order valence-corrected chi connectivity index (χ4v) is 23.4. The van der Waals surface area contributed by atoms with Crippen LogP contribution < -0.4 is 0 Å². The summed E-state index contributed by atoms with van der Waals surface area (Å²) in [5.41, 5.74) is 0.671. The Kier molecular flexibility index (Phi) is 22.8. The fourth-order valence-electron chi connectivity index (χ4n) is 23.4. The lowest BCUT2D eigenvalue weighted by molar-refractivity contribution is -0.374. The molecule has 1 aromatic rings. The van der Waals surface area contributed by atoms with Crippen LogP contribution in [0.1, 0.15) is 183 Å². The topological polar surface area (TPSA) is 439 Å². The van der Waals surface area contributed by atoms with Crippen molar-refractivity contribution < 1.29 is 138 Å². The summed E-state index contributed by atoms with van der Waals surface area (Å²) in [6.45, 7) is 21.1. The van der Waals surface area contributed by atoms with E-state index < -0.39 is 195 Å². The number of carbonyl (C=O) groups is 2. The van der Waals surface area contributed by atoms with E-state index in [1.165, 1.54) is 44.2 Å². The lowest BCUT2D eigenvalue weighted by Gasteiger charge is -2.71. The summed E-state index contributed by atoms with van der Waals surface area (Å²) in [5.74, 6) is 1.23. The van der Waals surface area contributed by atoms with Crippen LogP contribution in [0, 0.1) is 67.5 Å². The number of hydrogen-bond donors (Lipinski definition) is 15. The van der Waals surface area contributed by atoms with E-state index in [0.29, 0.717) is 49.2 Å². The molecule has 1 aromatic carbocycles. The highest BCUT2D eigenvalue weighted by molar-refractivity contribution is 5.80. The highest BCUT2D eigenvalue weighted by Gasteiger charge is 2.73. The molecule has 13 aliphatic rings. The number of esters is 2. The van der Waals surface area contributed by atoms with Gasteiger partial charge in [-0.3, -0.25) is 9.59 Å². The molecule has 0 bridgehead atoms. The van der Waals surface area contributed by atoms with Gasteiger partial charge in [-0.15, -0.1) is 0 Å². The Morgan fingerprint density at radius 1 is 0.547 bits per heavy atom. The van der Waals surface area contributed by atoms with Crippen LogP contribution >= 0.6 is 0 Å². The van der Waals surface area contributed by atoms with E-state index in [4.69, 9.17) is 52.1 Å². The summed E-state index contributed by atoms with van der Waals surface area (Å²) < 4.78 is 65.3. The van der Waals surface area contributed by atoms with Gasteiger partial charge >= 0.3 is 11.9 Å². The maximum Gasteiger partial charge on any atom is 0.317 e. The SMILES string of the molecule is CC(=O)OC1CCC2C3CCc4cc(O)ccc4C3CCC12C.CC1OC(OC2CCC3(C)C(CCC4(C)C3CC=C3C5CC(C)(C)CCC5(C(=O)OC5OCC(O)C(O)C5OC5OC(C)C(OC6OC(CO)C(O)C(O)C6O)C(O)C5O)C(O)CC34C)C2(C)C)C(O)C(O)C1OC1OCC(O)C(O)C1O.